The summed E-state index contributed by atoms with van der Waals surface area (Å²) in [5.41, 5.74) is 0. The summed E-state index contributed by atoms with van der Waals surface area (Å²) in [4.78, 5) is 10.6. The Balaban J connectivity index is 4.35. The molecule has 0 radical (unpaired) electrons. The minimum Gasteiger partial charge on any atom is -0.481 e. The number of methoxy groups -OCH3 is 1. The largest absolute Gasteiger partial charge is 0.481 e. The summed E-state index contributed by atoms with van der Waals surface area (Å²) in [6, 6.07) is 0. The van der Waals surface area contributed by atoms with Crippen molar-refractivity contribution in [3.05, 3.63) is 0 Å². The molecule has 0 rings (SSSR count). The third kappa shape index (κ3) is 4.09. The predicted molar refractivity (Wildman–Crippen MR) is 56.3 cm³/mol. The molecular weight excluding hydrogens is 180 g/mol. The molecule has 0 saturated heterocycles. The molecule has 3 unspecified atom stereocenters. The molecule has 0 aliphatic carbocycles. The van der Waals surface area contributed by atoms with Gasteiger partial charge in [0.05, 0.1) is 12.5 Å². The number of ether oxygens (including phenoxy) is 1. The summed E-state index contributed by atoms with van der Waals surface area (Å²) in [6.45, 7) is 6.37. The molecule has 3 heteroatoms. The topological polar surface area (TPSA) is 46.5 Å². The highest BCUT2D eigenvalue weighted by atomic mass is 16.5. The second-order valence-corrected chi connectivity index (χ2v) is 3.83. The molecular formula is C11H22O3. The van der Waals surface area contributed by atoms with Crippen LogP contribution in [0.4, 0.5) is 0 Å². The molecule has 84 valence electrons. The van der Waals surface area contributed by atoms with E-state index in [1.54, 1.807) is 7.11 Å². The minimum atomic E-state index is -0.779. The van der Waals surface area contributed by atoms with Crippen LogP contribution < -0.4 is 0 Å². The smallest absolute Gasteiger partial charge is 0.305 e. The van der Waals surface area contributed by atoms with Crippen LogP contribution in [-0.4, -0.2) is 24.3 Å². The molecule has 0 fully saturated rings. The van der Waals surface area contributed by atoms with Gasteiger partial charge in [0.15, 0.2) is 0 Å². The molecule has 1 N–H and O–H groups in total. The molecule has 0 amide bonds. The second kappa shape index (κ2) is 6.82. The van der Waals surface area contributed by atoms with E-state index < -0.39 is 5.97 Å². The standard InChI is InChI=1S/C11H22O3/c1-5-8(3)9(6-2)10(14-4)7-11(12)13/h8-10H,5-7H2,1-4H3,(H,12,13). The van der Waals surface area contributed by atoms with Gasteiger partial charge in [-0.25, -0.2) is 0 Å². The lowest BCUT2D eigenvalue weighted by Gasteiger charge is -2.28. The van der Waals surface area contributed by atoms with Crippen molar-refractivity contribution in [3.8, 4) is 0 Å². The summed E-state index contributed by atoms with van der Waals surface area (Å²) in [5, 5.41) is 8.73. The molecule has 0 aliphatic heterocycles. The van der Waals surface area contributed by atoms with E-state index in [4.69, 9.17) is 9.84 Å². The number of hydrogen-bond acceptors (Lipinski definition) is 2. The van der Waals surface area contributed by atoms with Crippen LogP contribution in [-0.2, 0) is 9.53 Å². The second-order valence-electron chi connectivity index (χ2n) is 3.83. The Morgan fingerprint density at radius 3 is 2.21 bits per heavy atom. The number of carboxylic acid groups (broad SMARTS) is 1. The lowest BCUT2D eigenvalue weighted by atomic mass is 9.84. The van der Waals surface area contributed by atoms with Gasteiger partial charge >= 0.3 is 5.97 Å². The van der Waals surface area contributed by atoms with Crippen LogP contribution in [0.2, 0.25) is 0 Å². The van der Waals surface area contributed by atoms with Crippen LogP contribution in [0.1, 0.15) is 40.0 Å². The Labute approximate surface area is 86.5 Å². The quantitative estimate of drug-likeness (QED) is 0.690. The number of carboxylic acids is 1. The van der Waals surface area contributed by atoms with Crippen molar-refractivity contribution in [1.29, 1.82) is 0 Å². The van der Waals surface area contributed by atoms with Crippen molar-refractivity contribution < 1.29 is 14.6 Å². The van der Waals surface area contributed by atoms with Gasteiger partial charge in [-0.05, 0) is 11.8 Å². The van der Waals surface area contributed by atoms with E-state index in [2.05, 4.69) is 20.8 Å². The molecule has 0 aromatic heterocycles. The van der Waals surface area contributed by atoms with Gasteiger partial charge in [-0.15, -0.1) is 0 Å². The SMILES string of the molecule is CCC(C)C(CC)C(CC(=O)O)OC. The number of rotatable bonds is 7. The maximum Gasteiger partial charge on any atom is 0.305 e. The zero-order valence-corrected chi connectivity index (χ0v) is 9.62. The third-order valence-corrected chi connectivity index (χ3v) is 3.00. The van der Waals surface area contributed by atoms with Gasteiger partial charge in [0.2, 0.25) is 0 Å². The molecule has 3 nitrogen and oxygen atoms in total. The molecule has 0 aliphatic rings. The molecule has 0 spiro atoms. The van der Waals surface area contributed by atoms with Crippen molar-refractivity contribution in [1.82, 2.24) is 0 Å². The first-order valence-electron chi connectivity index (χ1n) is 5.31. The van der Waals surface area contributed by atoms with E-state index in [-0.39, 0.29) is 12.5 Å². The van der Waals surface area contributed by atoms with Crippen LogP contribution in [0.25, 0.3) is 0 Å². The number of aliphatic carboxylic acids is 1. The third-order valence-electron chi connectivity index (χ3n) is 3.00. The first-order chi connectivity index (χ1) is 6.56. The zero-order valence-electron chi connectivity index (χ0n) is 9.62. The summed E-state index contributed by atoms with van der Waals surface area (Å²) in [6.07, 6.45) is 2.01. The number of carbonyl (C=O) groups is 1. The summed E-state index contributed by atoms with van der Waals surface area (Å²) in [7, 11) is 1.60. The minimum absolute atomic E-state index is 0.110. The van der Waals surface area contributed by atoms with E-state index in [9.17, 15) is 4.79 Å². The van der Waals surface area contributed by atoms with E-state index in [1.165, 1.54) is 0 Å². The van der Waals surface area contributed by atoms with Gasteiger partial charge in [-0.3, -0.25) is 4.79 Å². The van der Waals surface area contributed by atoms with E-state index >= 15 is 0 Å². The predicted octanol–water partition coefficient (Wildman–Crippen LogP) is 2.55. The molecule has 0 saturated carbocycles. The van der Waals surface area contributed by atoms with Crippen molar-refractivity contribution in [2.75, 3.05) is 7.11 Å². The fourth-order valence-corrected chi connectivity index (χ4v) is 1.92. The van der Waals surface area contributed by atoms with Crippen molar-refractivity contribution >= 4 is 5.97 Å². The van der Waals surface area contributed by atoms with Crippen molar-refractivity contribution in [2.45, 2.75) is 46.1 Å². The Kier molecular flexibility index (Phi) is 6.54. The highest BCUT2D eigenvalue weighted by molar-refractivity contribution is 5.67. The van der Waals surface area contributed by atoms with Gasteiger partial charge < -0.3 is 9.84 Å². The molecule has 14 heavy (non-hydrogen) atoms. The first kappa shape index (κ1) is 13.4. The van der Waals surface area contributed by atoms with Crippen LogP contribution in [0, 0.1) is 11.8 Å². The highest BCUT2D eigenvalue weighted by Crippen LogP contribution is 2.25. The Morgan fingerprint density at radius 1 is 1.36 bits per heavy atom. The van der Waals surface area contributed by atoms with E-state index in [0.717, 1.165) is 12.8 Å². The average Bonchev–Trinajstić information content (AvgIpc) is 2.16. The highest BCUT2D eigenvalue weighted by Gasteiger charge is 2.26. The van der Waals surface area contributed by atoms with Gasteiger partial charge in [-0.2, -0.15) is 0 Å². The Morgan fingerprint density at radius 2 is 1.93 bits per heavy atom. The van der Waals surface area contributed by atoms with Gasteiger partial charge in [0.1, 0.15) is 0 Å². The molecule has 0 heterocycles. The van der Waals surface area contributed by atoms with Gasteiger partial charge in [0, 0.05) is 7.11 Å². The normalized spacial score (nSPS) is 17.4. The summed E-state index contributed by atoms with van der Waals surface area (Å²) < 4.78 is 5.26. The zero-order chi connectivity index (χ0) is 11.1. The van der Waals surface area contributed by atoms with Crippen LogP contribution >= 0.6 is 0 Å². The van der Waals surface area contributed by atoms with Crippen LogP contribution in [0.5, 0.6) is 0 Å². The lowest BCUT2D eigenvalue weighted by molar-refractivity contribution is -0.141. The van der Waals surface area contributed by atoms with Gasteiger partial charge in [0.25, 0.3) is 0 Å². The first-order valence-corrected chi connectivity index (χ1v) is 5.31. The fourth-order valence-electron chi connectivity index (χ4n) is 1.92. The lowest BCUT2D eigenvalue weighted by Crippen LogP contribution is -2.30. The van der Waals surface area contributed by atoms with Crippen LogP contribution in [0.15, 0.2) is 0 Å². The van der Waals surface area contributed by atoms with Gasteiger partial charge in [-0.1, -0.05) is 33.6 Å². The van der Waals surface area contributed by atoms with Crippen molar-refractivity contribution in [2.24, 2.45) is 11.8 Å². The monoisotopic (exact) mass is 202 g/mol. The fraction of sp³-hybridized carbons (Fsp3) is 0.909. The summed E-state index contributed by atoms with van der Waals surface area (Å²) in [5.74, 6) is 0.0870. The van der Waals surface area contributed by atoms with Crippen LogP contribution in [0.3, 0.4) is 0 Å². The Hall–Kier alpha value is -0.570. The maximum atomic E-state index is 10.6. The molecule has 0 aromatic carbocycles. The Bertz CT molecular complexity index is 168. The van der Waals surface area contributed by atoms with E-state index in [1.807, 2.05) is 0 Å². The average molecular weight is 202 g/mol. The number of hydrogen-bond donors (Lipinski definition) is 1. The molecule has 3 atom stereocenters. The molecule has 0 bridgehead atoms. The maximum absolute atomic E-state index is 10.6. The molecule has 0 aromatic rings. The summed E-state index contributed by atoms with van der Waals surface area (Å²) >= 11 is 0. The van der Waals surface area contributed by atoms with E-state index in [0.29, 0.717) is 11.8 Å². The van der Waals surface area contributed by atoms with Crippen molar-refractivity contribution in [3.63, 3.8) is 0 Å².